The summed E-state index contributed by atoms with van der Waals surface area (Å²) in [5.41, 5.74) is 3.55. The highest BCUT2D eigenvalue weighted by atomic mass is 32.1. The Hall–Kier alpha value is -3.59. The number of urea groups is 1. The van der Waals surface area contributed by atoms with Crippen LogP contribution in [0.25, 0.3) is 20.8 Å². The summed E-state index contributed by atoms with van der Waals surface area (Å²) in [7, 11) is 0. The lowest BCUT2D eigenvalue weighted by Gasteiger charge is -2.15. The molecule has 0 unspecified atom stereocenters. The number of nitrogens with zero attached hydrogens (tertiary/aromatic N) is 3. The van der Waals surface area contributed by atoms with Crippen molar-refractivity contribution in [2.45, 2.75) is 26.7 Å². The highest BCUT2D eigenvalue weighted by Gasteiger charge is 2.44. The maximum Gasteiger partial charge on any atom is 0.334 e. The van der Waals surface area contributed by atoms with Crippen molar-refractivity contribution in [2.24, 2.45) is 0 Å². The highest BCUT2D eigenvalue weighted by Crippen LogP contribution is 2.31. The third-order valence-corrected chi connectivity index (χ3v) is 6.20. The van der Waals surface area contributed by atoms with Crippen molar-refractivity contribution in [2.75, 3.05) is 18.4 Å². The van der Waals surface area contributed by atoms with E-state index in [-0.39, 0.29) is 6.54 Å². The molecule has 1 aromatic heterocycles. The Balaban J connectivity index is 1.41. The van der Waals surface area contributed by atoms with E-state index in [0.717, 1.165) is 32.1 Å². The molecule has 32 heavy (non-hydrogen) atoms. The predicted molar refractivity (Wildman–Crippen MR) is 122 cm³/mol. The van der Waals surface area contributed by atoms with Gasteiger partial charge in [0.25, 0.3) is 0 Å². The number of carbonyl (C=O) groups is 4. The monoisotopic (exact) mass is 450 g/mol. The minimum absolute atomic E-state index is 0.171. The second kappa shape index (κ2) is 8.88. The first-order chi connectivity index (χ1) is 15.4. The average Bonchev–Trinajstić information content (AvgIpc) is 3.27. The van der Waals surface area contributed by atoms with Gasteiger partial charge in [0.15, 0.2) is 0 Å². The van der Waals surface area contributed by atoms with E-state index in [4.69, 9.17) is 0 Å². The number of nitrogens with one attached hydrogen (secondary N) is 1. The quantitative estimate of drug-likeness (QED) is 0.436. The van der Waals surface area contributed by atoms with Gasteiger partial charge in [0.1, 0.15) is 11.6 Å². The van der Waals surface area contributed by atoms with E-state index in [9.17, 15) is 19.2 Å². The Kier molecular flexibility index (Phi) is 6.00. The molecule has 0 spiro atoms. The summed E-state index contributed by atoms with van der Waals surface area (Å²) in [5.74, 6) is -2.41. The Labute approximate surface area is 188 Å². The number of benzene rings is 2. The summed E-state index contributed by atoms with van der Waals surface area (Å²) in [6.07, 6.45) is 1.38. The van der Waals surface area contributed by atoms with E-state index >= 15 is 0 Å². The zero-order valence-corrected chi connectivity index (χ0v) is 18.6. The molecule has 2 heterocycles. The number of imide groups is 2. The first-order valence-corrected chi connectivity index (χ1v) is 11.1. The van der Waals surface area contributed by atoms with Gasteiger partial charge >= 0.3 is 17.8 Å². The van der Waals surface area contributed by atoms with Gasteiger partial charge in [-0.3, -0.25) is 19.3 Å². The predicted octanol–water partition coefficient (Wildman–Crippen LogP) is 3.80. The third kappa shape index (κ3) is 4.24. The molecule has 9 heteroatoms. The van der Waals surface area contributed by atoms with Crippen molar-refractivity contribution in [3.63, 3.8) is 0 Å². The molecule has 1 N–H and O–H groups in total. The molecule has 0 radical (unpaired) electrons. The number of carbonyl (C=O) groups excluding carboxylic acids is 4. The topological polar surface area (TPSA) is 99.7 Å². The van der Waals surface area contributed by atoms with E-state index < -0.39 is 30.3 Å². The zero-order valence-electron chi connectivity index (χ0n) is 17.8. The second-order valence-electron chi connectivity index (χ2n) is 7.60. The molecule has 1 aliphatic rings. The fourth-order valence-electron chi connectivity index (χ4n) is 3.40. The summed E-state index contributed by atoms with van der Waals surface area (Å²) in [5, 5.41) is 3.54. The van der Waals surface area contributed by atoms with Gasteiger partial charge in [-0.05, 0) is 55.3 Å². The number of unbranched alkanes of at least 4 members (excludes halogenated alkanes) is 1. The number of amides is 5. The molecule has 3 aromatic rings. The number of aryl methyl sites for hydroxylation is 1. The van der Waals surface area contributed by atoms with E-state index in [1.165, 1.54) is 5.56 Å². The van der Waals surface area contributed by atoms with E-state index in [2.05, 4.69) is 16.4 Å². The van der Waals surface area contributed by atoms with Crippen LogP contribution in [0.1, 0.15) is 25.3 Å². The van der Waals surface area contributed by atoms with Crippen LogP contribution in [0.4, 0.5) is 10.5 Å². The normalized spacial score (nSPS) is 14.0. The maximum absolute atomic E-state index is 12.4. The van der Waals surface area contributed by atoms with E-state index in [0.29, 0.717) is 17.0 Å². The molecule has 0 bridgehead atoms. The highest BCUT2D eigenvalue weighted by molar-refractivity contribution is 7.21. The Bertz CT molecular complexity index is 1220. The zero-order chi connectivity index (χ0) is 22.8. The molecule has 1 saturated heterocycles. The van der Waals surface area contributed by atoms with Crippen molar-refractivity contribution < 1.29 is 19.2 Å². The van der Waals surface area contributed by atoms with Crippen molar-refractivity contribution >= 4 is 51.0 Å². The number of rotatable bonds is 7. The number of hydrogen-bond donors (Lipinski definition) is 1. The summed E-state index contributed by atoms with van der Waals surface area (Å²) in [6.45, 7) is 3.62. The molecule has 164 valence electrons. The van der Waals surface area contributed by atoms with Crippen LogP contribution in [-0.4, -0.2) is 51.6 Å². The number of fused-ring (bicyclic) bond motifs is 1. The van der Waals surface area contributed by atoms with Gasteiger partial charge < -0.3 is 5.32 Å². The van der Waals surface area contributed by atoms with Crippen molar-refractivity contribution in [3.8, 4) is 10.6 Å². The molecule has 4 rings (SSSR count). The van der Waals surface area contributed by atoms with Crippen LogP contribution in [0.5, 0.6) is 0 Å². The molecule has 1 aliphatic heterocycles. The summed E-state index contributed by atoms with van der Waals surface area (Å²) in [4.78, 5) is 55.1. The van der Waals surface area contributed by atoms with Crippen LogP contribution in [0.2, 0.25) is 0 Å². The third-order valence-electron chi connectivity index (χ3n) is 5.13. The van der Waals surface area contributed by atoms with E-state index in [1.807, 2.05) is 38.1 Å². The number of aromatic nitrogens is 1. The molecular weight excluding hydrogens is 428 g/mol. The minimum Gasteiger partial charge on any atom is -0.325 e. The van der Waals surface area contributed by atoms with Gasteiger partial charge in [-0.1, -0.05) is 19.4 Å². The largest absolute Gasteiger partial charge is 0.334 e. The molecule has 1 fully saturated rings. The first-order valence-electron chi connectivity index (χ1n) is 10.3. The molecule has 0 atom stereocenters. The van der Waals surface area contributed by atoms with E-state index in [1.54, 1.807) is 23.5 Å². The summed E-state index contributed by atoms with van der Waals surface area (Å²) in [6, 6.07) is 12.5. The van der Waals surface area contributed by atoms with Crippen LogP contribution in [0, 0.1) is 6.92 Å². The summed E-state index contributed by atoms with van der Waals surface area (Å²) < 4.78 is 1.11. The Morgan fingerprint density at radius 1 is 1.03 bits per heavy atom. The number of hydrogen-bond acceptors (Lipinski definition) is 6. The van der Waals surface area contributed by atoms with Gasteiger partial charge in [0, 0.05) is 17.8 Å². The van der Waals surface area contributed by atoms with Gasteiger partial charge in [-0.25, -0.2) is 14.7 Å². The van der Waals surface area contributed by atoms with Gasteiger partial charge in [-0.15, -0.1) is 11.3 Å². The molecule has 2 aromatic carbocycles. The lowest BCUT2D eigenvalue weighted by atomic mass is 10.2. The van der Waals surface area contributed by atoms with Gasteiger partial charge in [0.05, 0.1) is 10.2 Å². The van der Waals surface area contributed by atoms with Crippen LogP contribution in [-0.2, 0) is 14.4 Å². The molecule has 0 aliphatic carbocycles. The molecular formula is C23H22N4O4S. The smallest absolute Gasteiger partial charge is 0.325 e. The lowest BCUT2D eigenvalue weighted by molar-refractivity contribution is -0.143. The first kappa shape index (κ1) is 21.6. The van der Waals surface area contributed by atoms with Crippen LogP contribution in [0.15, 0.2) is 42.5 Å². The fraction of sp³-hybridized carbons (Fsp3) is 0.261. The van der Waals surface area contributed by atoms with Crippen molar-refractivity contribution in [1.82, 2.24) is 14.8 Å². The summed E-state index contributed by atoms with van der Waals surface area (Å²) >= 11 is 1.60. The van der Waals surface area contributed by atoms with Crippen LogP contribution < -0.4 is 5.32 Å². The lowest BCUT2D eigenvalue weighted by Crippen LogP contribution is -2.39. The van der Waals surface area contributed by atoms with Crippen LogP contribution in [0.3, 0.4) is 0 Å². The average molecular weight is 451 g/mol. The fourth-order valence-corrected chi connectivity index (χ4v) is 4.47. The molecule has 0 saturated carbocycles. The van der Waals surface area contributed by atoms with Crippen molar-refractivity contribution in [3.05, 3.63) is 48.0 Å². The minimum atomic E-state index is -0.970. The Morgan fingerprint density at radius 3 is 2.47 bits per heavy atom. The number of thiazole rings is 1. The Morgan fingerprint density at radius 2 is 1.75 bits per heavy atom. The number of anilines is 1. The van der Waals surface area contributed by atoms with Crippen molar-refractivity contribution in [1.29, 1.82) is 0 Å². The molecule has 5 amide bonds. The standard InChI is InChI=1S/C23H22N4O4S/c1-3-4-11-26-21(29)22(30)27(23(26)31)13-19(28)24-16-8-6-15(7-9-16)20-25-17-10-5-14(2)12-18(17)32-20/h5-10,12H,3-4,11,13H2,1-2H3,(H,24,28). The maximum atomic E-state index is 12.4. The van der Waals surface area contributed by atoms with Crippen LogP contribution >= 0.6 is 11.3 Å². The second-order valence-corrected chi connectivity index (χ2v) is 8.63. The SMILES string of the molecule is CCCCN1C(=O)C(=O)N(CC(=O)Nc2ccc(-c3nc4ccc(C)cc4s3)cc2)C1=O. The van der Waals surface area contributed by atoms with Gasteiger partial charge in [0.2, 0.25) is 5.91 Å². The molecule has 8 nitrogen and oxygen atoms in total. The van der Waals surface area contributed by atoms with Gasteiger partial charge in [-0.2, -0.15) is 0 Å².